The van der Waals surface area contributed by atoms with Gasteiger partial charge in [0.25, 0.3) is 0 Å². The predicted molar refractivity (Wildman–Crippen MR) is 63.4 cm³/mol. The maximum Gasteiger partial charge on any atom is 0.0537 e. The Morgan fingerprint density at radius 1 is 0.929 bits per heavy atom. The van der Waals surface area contributed by atoms with Gasteiger partial charge in [0.2, 0.25) is 0 Å². The van der Waals surface area contributed by atoms with Crippen molar-refractivity contribution in [2.45, 2.75) is 72.3 Å². The Labute approximate surface area is 89.9 Å². The van der Waals surface area contributed by atoms with E-state index in [9.17, 15) is 5.11 Å². The fraction of sp³-hybridized carbons (Fsp3) is 1.00. The normalized spacial score (nSPS) is 17.8. The van der Waals surface area contributed by atoms with Crippen molar-refractivity contribution in [3.63, 3.8) is 0 Å². The highest BCUT2D eigenvalue weighted by atomic mass is 16.3. The predicted octanol–water partition coefficient (Wildman–Crippen LogP) is 4.00. The van der Waals surface area contributed by atoms with E-state index in [2.05, 4.69) is 20.8 Å². The van der Waals surface area contributed by atoms with E-state index in [-0.39, 0.29) is 6.10 Å². The Bertz CT molecular complexity index is 120. The van der Waals surface area contributed by atoms with Gasteiger partial charge < -0.3 is 5.11 Å². The van der Waals surface area contributed by atoms with Gasteiger partial charge in [0, 0.05) is 0 Å². The van der Waals surface area contributed by atoms with Crippen LogP contribution in [-0.4, -0.2) is 11.2 Å². The van der Waals surface area contributed by atoms with Crippen molar-refractivity contribution in [3.8, 4) is 0 Å². The van der Waals surface area contributed by atoms with Gasteiger partial charge in [-0.2, -0.15) is 0 Å². The van der Waals surface area contributed by atoms with Crippen molar-refractivity contribution in [1.29, 1.82) is 0 Å². The van der Waals surface area contributed by atoms with Gasteiger partial charge in [-0.15, -0.1) is 0 Å². The summed E-state index contributed by atoms with van der Waals surface area (Å²) < 4.78 is 0. The second-order valence-corrected chi connectivity index (χ2v) is 4.87. The number of aliphatic hydroxyl groups is 1. The molecule has 0 saturated heterocycles. The molecule has 0 rings (SSSR count). The summed E-state index contributed by atoms with van der Waals surface area (Å²) >= 11 is 0. The lowest BCUT2D eigenvalue weighted by atomic mass is 9.96. The summed E-state index contributed by atoms with van der Waals surface area (Å²) in [6.45, 7) is 8.63. The highest BCUT2D eigenvalue weighted by molar-refractivity contribution is 4.59. The van der Waals surface area contributed by atoms with Crippen LogP contribution in [0.15, 0.2) is 0 Å². The maximum absolute atomic E-state index is 9.30. The minimum atomic E-state index is -0.135. The van der Waals surface area contributed by atoms with Gasteiger partial charge in [0.05, 0.1) is 6.10 Å². The fourth-order valence-electron chi connectivity index (χ4n) is 1.58. The number of rotatable bonds is 8. The first kappa shape index (κ1) is 14.0. The van der Waals surface area contributed by atoms with Gasteiger partial charge in [-0.1, -0.05) is 52.9 Å². The summed E-state index contributed by atoms with van der Waals surface area (Å²) in [6.07, 6.45) is 7.71. The summed E-state index contributed by atoms with van der Waals surface area (Å²) in [5.41, 5.74) is 0. The maximum atomic E-state index is 9.30. The quantitative estimate of drug-likeness (QED) is 0.587. The third kappa shape index (κ3) is 7.37. The van der Waals surface area contributed by atoms with E-state index in [0.717, 1.165) is 5.92 Å². The van der Waals surface area contributed by atoms with Gasteiger partial charge in [-0.3, -0.25) is 0 Å². The first-order valence-corrected chi connectivity index (χ1v) is 6.26. The molecule has 3 unspecified atom stereocenters. The average molecular weight is 200 g/mol. The van der Waals surface area contributed by atoms with Crippen LogP contribution in [0.3, 0.4) is 0 Å². The van der Waals surface area contributed by atoms with Crippen molar-refractivity contribution >= 4 is 0 Å². The average Bonchev–Trinajstić information content (AvgIpc) is 2.16. The van der Waals surface area contributed by atoms with E-state index >= 15 is 0 Å². The fourth-order valence-corrected chi connectivity index (χ4v) is 1.58. The van der Waals surface area contributed by atoms with Gasteiger partial charge >= 0.3 is 0 Å². The van der Waals surface area contributed by atoms with Crippen molar-refractivity contribution in [3.05, 3.63) is 0 Å². The van der Waals surface area contributed by atoms with Crippen LogP contribution >= 0.6 is 0 Å². The van der Waals surface area contributed by atoms with E-state index in [1.54, 1.807) is 0 Å². The van der Waals surface area contributed by atoms with Crippen LogP contribution in [0.2, 0.25) is 0 Å². The molecule has 0 saturated carbocycles. The Morgan fingerprint density at radius 2 is 1.50 bits per heavy atom. The zero-order chi connectivity index (χ0) is 11.0. The Morgan fingerprint density at radius 3 is 2.00 bits per heavy atom. The molecule has 0 aliphatic carbocycles. The molecule has 0 amide bonds. The molecule has 0 fully saturated rings. The molecule has 1 N–H and O–H groups in total. The lowest BCUT2D eigenvalue weighted by Gasteiger charge is -2.14. The third-order valence-electron chi connectivity index (χ3n) is 3.38. The summed E-state index contributed by atoms with van der Waals surface area (Å²) in [6, 6.07) is 0. The molecular formula is C13H28O. The Hall–Kier alpha value is -0.0400. The molecule has 0 aliphatic heterocycles. The molecule has 0 aromatic carbocycles. The standard InChI is InChI=1S/C13H28O/c1-5-11(2)9-7-6-8-10-12(3)13(4)14/h11-14H,5-10H2,1-4H3. The van der Waals surface area contributed by atoms with Crippen molar-refractivity contribution in [1.82, 2.24) is 0 Å². The topological polar surface area (TPSA) is 20.2 Å². The summed E-state index contributed by atoms with van der Waals surface area (Å²) in [5, 5.41) is 9.30. The van der Waals surface area contributed by atoms with Crippen LogP contribution in [0.5, 0.6) is 0 Å². The molecule has 0 aromatic rings. The van der Waals surface area contributed by atoms with Crippen molar-refractivity contribution in [2.75, 3.05) is 0 Å². The molecule has 0 aliphatic rings. The molecule has 1 heteroatoms. The molecule has 0 radical (unpaired) electrons. The van der Waals surface area contributed by atoms with Crippen molar-refractivity contribution < 1.29 is 5.11 Å². The van der Waals surface area contributed by atoms with Crippen LogP contribution in [0.25, 0.3) is 0 Å². The highest BCUT2D eigenvalue weighted by Gasteiger charge is 2.07. The van der Waals surface area contributed by atoms with Gasteiger partial charge in [0.1, 0.15) is 0 Å². The molecule has 86 valence electrons. The number of hydrogen-bond acceptors (Lipinski definition) is 1. The number of aliphatic hydroxyl groups excluding tert-OH is 1. The molecule has 14 heavy (non-hydrogen) atoms. The largest absolute Gasteiger partial charge is 0.393 e. The molecule has 0 heterocycles. The van der Waals surface area contributed by atoms with Crippen molar-refractivity contribution in [2.24, 2.45) is 11.8 Å². The third-order valence-corrected chi connectivity index (χ3v) is 3.38. The number of hydrogen-bond donors (Lipinski definition) is 1. The molecule has 0 aromatic heterocycles. The van der Waals surface area contributed by atoms with E-state index < -0.39 is 0 Å². The van der Waals surface area contributed by atoms with Gasteiger partial charge in [-0.25, -0.2) is 0 Å². The summed E-state index contributed by atoms with van der Waals surface area (Å²) in [7, 11) is 0. The van der Waals surface area contributed by atoms with Crippen LogP contribution in [0.4, 0.5) is 0 Å². The van der Waals surface area contributed by atoms with E-state index in [1.807, 2.05) is 6.92 Å². The molecule has 0 spiro atoms. The van der Waals surface area contributed by atoms with Crippen LogP contribution in [-0.2, 0) is 0 Å². The SMILES string of the molecule is CCC(C)CCCCCC(C)C(C)O. The first-order valence-electron chi connectivity index (χ1n) is 6.26. The van der Waals surface area contributed by atoms with E-state index in [0.29, 0.717) is 5.92 Å². The summed E-state index contributed by atoms with van der Waals surface area (Å²) in [4.78, 5) is 0. The molecule has 1 nitrogen and oxygen atoms in total. The monoisotopic (exact) mass is 200 g/mol. The van der Waals surface area contributed by atoms with Gasteiger partial charge in [-0.05, 0) is 25.2 Å². The smallest absolute Gasteiger partial charge is 0.0537 e. The summed E-state index contributed by atoms with van der Waals surface area (Å²) in [5.74, 6) is 1.36. The van der Waals surface area contributed by atoms with Gasteiger partial charge in [0.15, 0.2) is 0 Å². The molecule has 0 bridgehead atoms. The zero-order valence-corrected chi connectivity index (χ0v) is 10.4. The Kier molecular flexibility index (Phi) is 8.26. The highest BCUT2D eigenvalue weighted by Crippen LogP contribution is 2.16. The second kappa shape index (κ2) is 8.28. The first-order chi connectivity index (χ1) is 6.57. The second-order valence-electron chi connectivity index (χ2n) is 4.87. The Balaban J connectivity index is 3.21. The lowest BCUT2D eigenvalue weighted by Crippen LogP contribution is -2.12. The molecule has 3 atom stereocenters. The molecular weight excluding hydrogens is 172 g/mol. The minimum Gasteiger partial charge on any atom is -0.393 e. The van der Waals surface area contributed by atoms with E-state index in [4.69, 9.17) is 0 Å². The lowest BCUT2D eigenvalue weighted by molar-refractivity contribution is 0.128. The van der Waals surface area contributed by atoms with Crippen LogP contribution in [0, 0.1) is 11.8 Å². The minimum absolute atomic E-state index is 0.135. The number of unbranched alkanes of at least 4 members (excludes halogenated alkanes) is 2. The van der Waals surface area contributed by atoms with Crippen LogP contribution < -0.4 is 0 Å². The van der Waals surface area contributed by atoms with Crippen LogP contribution in [0.1, 0.15) is 66.2 Å². The zero-order valence-electron chi connectivity index (χ0n) is 10.4. The van der Waals surface area contributed by atoms with E-state index in [1.165, 1.54) is 38.5 Å².